The minimum absolute atomic E-state index is 0.0677. The highest BCUT2D eigenvalue weighted by Crippen LogP contribution is 2.14. The molecule has 0 aliphatic carbocycles. The van der Waals surface area contributed by atoms with E-state index in [2.05, 4.69) is 14.9 Å². The lowest BCUT2D eigenvalue weighted by Crippen LogP contribution is -2.50. The molecule has 0 bridgehead atoms. The standard InChI is InChI=1S/C14H23N5O/c1-12(4-2-5-15)13(20)18-8-10-19(11-9-18)14-16-6-3-7-17-14/h3,6-7,12H,2,4-5,8-11,15H2,1H3. The Labute approximate surface area is 120 Å². The molecule has 1 amide bonds. The third-order valence-electron chi connectivity index (χ3n) is 3.69. The SMILES string of the molecule is CC(CCCN)C(=O)N1CCN(c2ncccn2)CC1. The molecule has 1 aliphatic rings. The minimum atomic E-state index is 0.0677. The molecule has 0 saturated carbocycles. The highest BCUT2D eigenvalue weighted by molar-refractivity contribution is 5.78. The van der Waals surface area contributed by atoms with E-state index in [1.807, 2.05) is 17.9 Å². The molecule has 1 unspecified atom stereocenters. The lowest BCUT2D eigenvalue weighted by atomic mass is 10.0. The van der Waals surface area contributed by atoms with Crippen LogP contribution in [-0.2, 0) is 4.79 Å². The van der Waals surface area contributed by atoms with Gasteiger partial charge in [-0.05, 0) is 25.5 Å². The number of carbonyl (C=O) groups is 1. The van der Waals surface area contributed by atoms with Crippen molar-refractivity contribution in [3.63, 3.8) is 0 Å². The number of anilines is 1. The Balaban J connectivity index is 1.83. The van der Waals surface area contributed by atoms with Gasteiger partial charge in [0.1, 0.15) is 0 Å². The van der Waals surface area contributed by atoms with Crippen LogP contribution < -0.4 is 10.6 Å². The molecular formula is C14H23N5O. The zero-order valence-corrected chi connectivity index (χ0v) is 12.0. The monoisotopic (exact) mass is 277 g/mol. The highest BCUT2D eigenvalue weighted by Gasteiger charge is 2.25. The first kappa shape index (κ1) is 14.7. The summed E-state index contributed by atoms with van der Waals surface area (Å²) in [5, 5.41) is 0. The van der Waals surface area contributed by atoms with Crippen LogP contribution in [0, 0.1) is 5.92 Å². The number of carbonyl (C=O) groups excluding carboxylic acids is 1. The minimum Gasteiger partial charge on any atom is -0.339 e. The van der Waals surface area contributed by atoms with Crippen LogP contribution in [0.4, 0.5) is 5.95 Å². The molecule has 6 heteroatoms. The molecule has 6 nitrogen and oxygen atoms in total. The first-order valence-electron chi connectivity index (χ1n) is 7.23. The molecule has 1 aromatic rings. The molecule has 2 N–H and O–H groups in total. The predicted octanol–water partition coefficient (Wildman–Crippen LogP) is 0.500. The van der Waals surface area contributed by atoms with Crippen LogP contribution in [0.5, 0.6) is 0 Å². The summed E-state index contributed by atoms with van der Waals surface area (Å²) < 4.78 is 0. The van der Waals surface area contributed by atoms with Crippen LogP contribution in [-0.4, -0.2) is 53.5 Å². The molecular weight excluding hydrogens is 254 g/mol. The van der Waals surface area contributed by atoms with Crippen LogP contribution in [0.1, 0.15) is 19.8 Å². The van der Waals surface area contributed by atoms with Crippen molar-refractivity contribution < 1.29 is 4.79 Å². The van der Waals surface area contributed by atoms with E-state index in [4.69, 9.17) is 5.73 Å². The summed E-state index contributed by atoms with van der Waals surface area (Å²) in [5.74, 6) is 1.06. The fourth-order valence-electron chi connectivity index (χ4n) is 2.44. The van der Waals surface area contributed by atoms with Crippen molar-refractivity contribution in [1.82, 2.24) is 14.9 Å². The molecule has 1 saturated heterocycles. The van der Waals surface area contributed by atoms with Crippen LogP contribution in [0.3, 0.4) is 0 Å². The molecule has 0 spiro atoms. The highest BCUT2D eigenvalue weighted by atomic mass is 16.2. The van der Waals surface area contributed by atoms with E-state index >= 15 is 0 Å². The van der Waals surface area contributed by atoms with E-state index in [-0.39, 0.29) is 11.8 Å². The average molecular weight is 277 g/mol. The number of hydrogen-bond donors (Lipinski definition) is 1. The molecule has 1 aromatic heterocycles. The molecule has 0 aromatic carbocycles. The van der Waals surface area contributed by atoms with Crippen LogP contribution in [0.15, 0.2) is 18.5 Å². The topological polar surface area (TPSA) is 75.4 Å². The van der Waals surface area contributed by atoms with Gasteiger partial charge < -0.3 is 15.5 Å². The van der Waals surface area contributed by atoms with Crippen LogP contribution >= 0.6 is 0 Å². The van der Waals surface area contributed by atoms with E-state index in [9.17, 15) is 4.79 Å². The van der Waals surface area contributed by atoms with Gasteiger partial charge >= 0.3 is 0 Å². The number of hydrogen-bond acceptors (Lipinski definition) is 5. The van der Waals surface area contributed by atoms with Crippen molar-refractivity contribution in [2.75, 3.05) is 37.6 Å². The van der Waals surface area contributed by atoms with Crippen molar-refractivity contribution in [3.05, 3.63) is 18.5 Å². The Morgan fingerprint density at radius 1 is 1.30 bits per heavy atom. The summed E-state index contributed by atoms with van der Waals surface area (Å²) in [4.78, 5) is 24.8. The molecule has 20 heavy (non-hydrogen) atoms. The van der Waals surface area contributed by atoms with E-state index in [1.165, 1.54) is 0 Å². The van der Waals surface area contributed by atoms with Gasteiger partial charge in [-0.1, -0.05) is 6.92 Å². The van der Waals surface area contributed by atoms with Gasteiger partial charge in [0, 0.05) is 44.5 Å². The Bertz CT molecular complexity index is 417. The number of nitrogens with two attached hydrogens (primary N) is 1. The molecule has 1 fully saturated rings. The quantitative estimate of drug-likeness (QED) is 0.848. The average Bonchev–Trinajstić information content (AvgIpc) is 2.53. The maximum absolute atomic E-state index is 12.3. The Kier molecular flexibility index (Phi) is 5.29. The van der Waals surface area contributed by atoms with Gasteiger partial charge in [0.15, 0.2) is 0 Å². The summed E-state index contributed by atoms with van der Waals surface area (Å²) in [6.07, 6.45) is 5.27. The summed E-state index contributed by atoms with van der Waals surface area (Å²) in [6.45, 7) is 5.70. The number of piperazine rings is 1. The van der Waals surface area contributed by atoms with Crippen molar-refractivity contribution in [2.45, 2.75) is 19.8 Å². The largest absolute Gasteiger partial charge is 0.339 e. The summed E-state index contributed by atoms with van der Waals surface area (Å²) in [5.41, 5.74) is 5.49. The summed E-state index contributed by atoms with van der Waals surface area (Å²) in [6, 6.07) is 1.81. The maximum atomic E-state index is 12.3. The molecule has 110 valence electrons. The first-order valence-corrected chi connectivity index (χ1v) is 7.23. The van der Waals surface area contributed by atoms with Gasteiger partial charge in [-0.25, -0.2) is 9.97 Å². The van der Waals surface area contributed by atoms with Crippen LogP contribution in [0.25, 0.3) is 0 Å². The van der Waals surface area contributed by atoms with Crippen LogP contribution in [0.2, 0.25) is 0 Å². The number of aromatic nitrogens is 2. The predicted molar refractivity (Wildman–Crippen MR) is 78.3 cm³/mol. The number of nitrogens with zero attached hydrogens (tertiary/aromatic N) is 4. The second-order valence-electron chi connectivity index (χ2n) is 5.19. The Hall–Kier alpha value is -1.69. The fraction of sp³-hybridized carbons (Fsp3) is 0.643. The molecule has 2 rings (SSSR count). The maximum Gasteiger partial charge on any atom is 0.225 e. The first-order chi connectivity index (χ1) is 9.72. The summed E-state index contributed by atoms with van der Waals surface area (Å²) >= 11 is 0. The molecule has 2 heterocycles. The molecule has 1 atom stereocenters. The van der Waals surface area contributed by atoms with E-state index in [1.54, 1.807) is 12.4 Å². The smallest absolute Gasteiger partial charge is 0.225 e. The van der Waals surface area contributed by atoms with Gasteiger partial charge in [0.2, 0.25) is 11.9 Å². The fourth-order valence-corrected chi connectivity index (χ4v) is 2.44. The van der Waals surface area contributed by atoms with E-state index < -0.39 is 0 Å². The third kappa shape index (κ3) is 3.66. The molecule has 0 radical (unpaired) electrons. The lowest BCUT2D eigenvalue weighted by Gasteiger charge is -2.35. The van der Waals surface area contributed by atoms with E-state index in [0.29, 0.717) is 6.54 Å². The van der Waals surface area contributed by atoms with Gasteiger partial charge in [0.05, 0.1) is 0 Å². The zero-order valence-electron chi connectivity index (χ0n) is 12.0. The summed E-state index contributed by atoms with van der Waals surface area (Å²) in [7, 11) is 0. The Morgan fingerprint density at radius 2 is 1.95 bits per heavy atom. The lowest BCUT2D eigenvalue weighted by molar-refractivity contribution is -0.135. The molecule has 1 aliphatic heterocycles. The Morgan fingerprint density at radius 3 is 2.55 bits per heavy atom. The van der Waals surface area contributed by atoms with Crippen molar-refractivity contribution in [1.29, 1.82) is 0 Å². The second-order valence-corrected chi connectivity index (χ2v) is 5.19. The second kappa shape index (κ2) is 7.19. The van der Waals surface area contributed by atoms with Crippen molar-refractivity contribution in [2.24, 2.45) is 11.7 Å². The third-order valence-corrected chi connectivity index (χ3v) is 3.69. The van der Waals surface area contributed by atoms with Crippen molar-refractivity contribution in [3.8, 4) is 0 Å². The number of amides is 1. The van der Waals surface area contributed by atoms with Gasteiger partial charge in [0.25, 0.3) is 0 Å². The zero-order chi connectivity index (χ0) is 14.4. The van der Waals surface area contributed by atoms with Crippen molar-refractivity contribution >= 4 is 11.9 Å². The van der Waals surface area contributed by atoms with Gasteiger partial charge in [-0.3, -0.25) is 4.79 Å². The van der Waals surface area contributed by atoms with E-state index in [0.717, 1.165) is 45.0 Å². The van der Waals surface area contributed by atoms with Gasteiger partial charge in [-0.2, -0.15) is 0 Å². The number of rotatable bonds is 5. The normalized spacial score (nSPS) is 17.1. The van der Waals surface area contributed by atoms with Gasteiger partial charge in [-0.15, -0.1) is 0 Å².